The van der Waals surface area contributed by atoms with Gasteiger partial charge in [-0.25, -0.2) is 0 Å². The van der Waals surface area contributed by atoms with Crippen molar-refractivity contribution in [2.75, 3.05) is 0 Å². The first kappa shape index (κ1) is 22.1. The van der Waals surface area contributed by atoms with Gasteiger partial charge in [-0.2, -0.15) is 0 Å². The fraction of sp³-hybridized carbons (Fsp3) is 0.0556. The van der Waals surface area contributed by atoms with Crippen LogP contribution in [-0.4, -0.2) is 0 Å². The van der Waals surface area contributed by atoms with Gasteiger partial charge in [-0.3, -0.25) is 0 Å². The van der Waals surface area contributed by atoms with Crippen molar-refractivity contribution < 1.29 is 0 Å². The molecular weight excluding hydrogens is 432 g/mol. The average Bonchev–Trinajstić information content (AvgIpc) is 2.93. The lowest BCUT2D eigenvalue weighted by Gasteiger charge is -2.13. The Balaban J connectivity index is 1.37. The highest BCUT2D eigenvalue weighted by Crippen LogP contribution is 2.36. The average molecular weight is 461 g/mol. The van der Waals surface area contributed by atoms with Crippen LogP contribution in [0.3, 0.4) is 0 Å². The molecule has 0 fully saturated rings. The molecule has 0 N–H and O–H groups in total. The predicted molar refractivity (Wildman–Crippen MR) is 157 cm³/mol. The van der Waals surface area contributed by atoms with Crippen molar-refractivity contribution in [1.82, 2.24) is 0 Å². The van der Waals surface area contributed by atoms with Crippen molar-refractivity contribution in [3.63, 3.8) is 0 Å². The quantitative estimate of drug-likeness (QED) is 0.230. The van der Waals surface area contributed by atoms with Gasteiger partial charge in [0.2, 0.25) is 0 Å². The van der Waals surface area contributed by atoms with Crippen LogP contribution in [0.4, 0.5) is 0 Å². The molecule has 0 spiro atoms. The zero-order valence-corrected chi connectivity index (χ0v) is 20.7. The highest BCUT2D eigenvalue weighted by molar-refractivity contribution is 6.08. The van der Waals surface area contributed by atoms with Gasteiger partial charge in [-0.05, 0) is 74.3 Å². The predicted octanol–water partition coefficient (Wildman–Crippen LogP) is 10.1. The molecule has 0 atom stereocenters. The van der Waals surface area contributed by atoms with Crippen LogP contribution in [-0.2, 0) is 0 Å². The summed E-state index contributed by atoms with van der Waals surface area (Å²) in [5.74, 6) is 0. The summed E-state index contributed by atoms with van der Waals surface area (Å²) in [5.41, 5.74) is 10.1. The van der Waals surface area contributed by atoms with Crippen molar-refractivity contribution in [3.05, 3.63) is 144 Å². The number of aryl methyl sites for hydroxylation is 2. The summed E-state index contributed by atoms with van der Waals surface area (Å²) < 4.78 is 0. The molecule has 0 saturated carbocycles. The molecule has 6 rings (SSSR count). The van der Waals surface area contributed by atoms with E-state index in [1.165, 1.54) is 66.1 Å². The number of hydrogen-bond acceptors (Lipinski definition) is 0. The fourth-order valence-corrected chi connectivity index (χ4v) is 5.11. The van der Waals surface area contributed by atoms with E-state index in [9.17, 15) is 0 Å². The molecule has 0 radical (unpaired) electrons. The third-order valence-corrected chi connectivity index (χ3v) is 7.14. The molecule has 0 aliphatic heterocycles. The minimum Gasteiger partial charge on any atom is -0.0616 e. The maximum absolute atomic E-state index is 2.28. The lowest BCUT2D eigenvalue weighted by molar-refractivity contribution is 1.47. The SMILES string of the molecule is Cc1ccc(-c2ccc(/C=C/c3ccc(-c4ccc(C)c5ccccc45)c4ccccc34)cc2)cc1. The van der Waals surface area contributed by atoms with Crippen LogP contribution < -0.4 is 0 Å². The van der Waals surface area contributed by atoms with Crippen LogP contribution in [0.5, 0.6) is 0 Å². The van der Waals surface area contributed by atoms with Crippen molar-refractivity contribution in [2.24, 2.45) is 0 Å². The zero-order chi connectivity index (χ0) is 24.5. The minimum absolute atomic E-state index is 1.20. The molecule has 0 bridgehead atoms. The molecule has 0 heteroatoms. The van der Waals surface area contributed by atoms with E-state index in [2.05, 4.69) is 147 Å². The van der Waals surface area contributed by atoms with Gasteiger partial charge in [-0.1, -0.05) is 139 Å². The number of benzene rings is 6. The third kappa shape index (κ3) is 4.12. The summed E-state index contributed by atoms with van der Waals surface area (Å²) in [6.45, 7) is 4.31. The van der Waals surface area contributed by atoms with E-state index in [-0.39, 0.29) is 0 Å². The molecule has 0 saturated heterocycles. The van der Waals surface area contributed by atoms with E-state index < -0.39 is 0 Å². The lowest BCUT2D eigenvalue weighted by atomic mass is 9.90. The van der Waals surface area contributed by atoms with Crippen molar-refractivity contribution in [1.29, 1.82) is 0 Å². The standard InChI is InChI=1S/C36H28/c1-25-11-17-28(18-12-25)29-19-14-27(15-20-29)16-21-30-22-24-36(34-10-6-4-8-32(30)34)35-23-13-26(2)31-7-3-5-9-33(31)35/h3-24H,1-2H3/b21-16+. The van der Waals surface area contributed by atoms with Crippen LogP contribution in [0, 0.1) is 13.8 Å². The van der Waals surface area contributed by atoms with E-state index in [0.717, 1.165) is 0 Å². The first-order valence-electron chi connectivity index (χ1n) is 12.5. The van der Waals surface area contributed by atoms with Crippen LogP contribution in [0.15, 0.2) is 121 Å². The van der Waals surface area contributed by atoms with Gasteiger partial charge in [0.1, 0.15) is 0 Å². The molecule has 0 amide bonds. The van der Waals surface area contributed by atoms with Gasteiger partial charge in [0.15, 0.2) is 0 Å². The summed E-state index contributed by atoms with van der Waals surface area (Å²) in [7, 11) is 0. The van der Waals surface area contributed by atoms with Crippen LogP contribution in [0.1, 0.15) is 22.3 Å². The maximum atomic E-state index is 2.28. The van der Waals surface area contributed by atoms with Gasteiger partial charge in [0, 0.05) is 0 Å². The van der Waals surface area contributed by atoms with Crippen molar-refractivity contribution in [2.45, 2.75) is 13.8 Å². The summed E-state index contributed by atoms with van der Waals surface area (Å²) in [4.78, 5) is 0. The maximum Gasteiger partial charge on any atom is -0.00987 e. The van der Waals surface area contributed by atoms with Crippen molar-refractivity contribution in [3.8, 4) is 22.3 Å². The number of hydrogen-bond donors (Lipinski definition) is 0. The zero-order valence-electron chi connectivity index (χ0n) is 20.7. The number of fused-ring (bicyclic) bond motifs is 2. The van der Waals surface area contributed by atoms with Crippen LogP contribution in [0.25, 0.3) is 56.0 Å². The van der Waals surface area contributed by atoms with E-state index in [0.29, 0.717) is 0 Å². The Kier molecular flexibility index (Phi) is 5.71. The van der Waals surface area contributed by atoms with Gasteiger partial charge in [0.05, 0.1) is 0 Å². The molecule has 6 aromatic rings. The van der Waals surface area contributed by atoms with E-state index in [1.54, 1.807) is 0 Å². The number of rotatable bonds is 4. The van der Waals surface area contributed by atoms with Crippen LogP contribution in [0.2, 0.25) is 0 Å². The molecule has 172 valence electrons. The summed E-state index contributed by atoms with van der Waals surface area (Å²) in [6.07, 6.45) is 4.45. The summed E-state index contributed by atoms with van der Waals surface area (Å²) in [5, 5.41) is 5.17. The lowest BCUT2D eigenvalue weighted by Crippen LogP contribution is -1.88. The molecule has 0 aliphatic carbocycles. The molecule has 0 nitrogen and oxygen atoms in total. The topological polar surface area (TPSA) is 0 Å². The largest absolute Gasteiger partial charge is 0.0616 e. The van der Waals surface area contributed by atoms with Gasteiger partial charge >= 0.3 is 0 Å². The Morgan fingerprint density at radius 3 is 1.61 bits per heavy atom. The fourth-order valence-electron chi connectivity index (χ4n) is 5.11. The Morgan fingerprint density at radius 2 is 0.944 bits per heavy atom. The minimum atomic E-state index is 1.20. The van der Waals surface area contributed by atoms with E-state index >= 15 is 0 Å². The summed E-state index contributed by atoms with van der Waals surface area (Å²) in [6, 6.07) is 44.0. The summed E-state index contributed by atoms with van der Waals surface area (Å²) >= 11 is 0. The Labute approximate surface area is 213 Å². The second-order valence-corrected chi connectivity index (χ2v) is 9.54. The molecular formula is C36H28. The smallest absolute Gasteiger partial charge is 0.00987 e. The first-order valence-corrected chi connectivity index (χ1v) is 12.5. The molecule has 0 unspecified atom stereocenters. The monoisotopic (exact) mass is 460 g/mol. The molecule has 6 aromatic carbocycles. The highest BCUT2D eigenvalue weighted by Gasteiger charge is 2.10. The van der Waals surface area contributed by atoms with Crippen molar-refractivity contribution >= 4 is 33.7 Å². The Bertz CT molecular complexity index is 1720. The molecule has 36 heavy (non-hydrogen) atoms. The molecule has 0 heterocycles. The second-order valence-electron chi connectivity index (χ2n) is 9.54. The Hall–Kier alpha value is -4.42. The normalized spacial score (nSPS) is 11.5. The van der Waals surface area contributed by atoms with Crippen LogP contribution >= 0.6 is 0 Å². The Morgan fingerprint density at radius 1 is 0.417 bits per heavy atom. The third-order valence-electron chi connectivity index (χ3n) is 7.14. The van der Waals surface area contributed by atoms with Gasteiger partial charge in [-0.15, -0.1) is 0 Å². The second kappa shape index (κ2) is 9.32. The molecule has 0 aromatic heterocycles. The van der Waals surface area contributed by atoms with E-state index in [1.807, 2.05) is 0 Å². The first-order chi connectivity index (χ1) is 17.7. The van der Waals surface area contributed by atoms with Gasteiger partial charge < -0.3 is 0 Å². The highest BCUT2D eigenvalue weighted by atomic mass is 14.1. The van der Waals surface area contributed by atoms with Gasteiger partial charge in [0.25, 0.3) is 0 Å². The van der Waals surface area contributed by atoms with E-state index in [4.69, 9.17) is 0 Å². The molecule has 0 aliphatic rings.